The van der Waals surface area contributed by atoms with Crippen molar-refractivity contribution < 1.29 is 4.74 Å². The van der Waals surface area contributed by atoms with E-state index in [1.54, 1.807) is 0 Å². The van der Waals surface area contributed by atoms with E-state index in [1.807, 2.05) is 18.2 Å². The van der Waals surface area contributed by atoms with Gasteiger partial charge < -0.3 is 10.1 Å². The molecular formula is C14H20BrNO. The zero-order chi connectivity index (χ0) is 12.9. The van der Waals surface area contributed by atoms with E-state index < -0.39 is 0 Å². The smallest absolute Gasteiger partial charge is 0.124 e. The van der Waals surface area contributed by atoms with Crippen LogP contribution in [0.25, 0.3) is 0 Å². The standard InChI is InChI=1S/C14H20BrNO/c1-11(15)10-17-13-8-6-5-7-12(13)9-16-14(2,3)4/h5-8,16H,1,9-10H2,2-4H3. The molecule has 17 heavy (non-hydrogen) atoms. The second kappa shape index (κ2) is 6.22. The van der Waals surface area contributed by atoms with E-state index in [-0.39, 0.29) is 5.54 Å². The maximum atomic E-state index is 5.68. The Bertz CT molecular complexity index is 382. The Kier molecular flexibility index (Phi) is 5.22. The first-order valence-corrected chi connectivity index (χ1v) is 6.47. The summed E-state index contributed by atoms with van der Waals surface area (Å²) in [6.07, 6.45) is 0. The summed E-state index contributed by atoms with van der Waals surface area (Å²) in [5.41, 5.74) is 1.27. The van der Waals surface area contributed by atoms with Crippen molar-refractivity contribution in [2.24, 2.45) is 0 Å². The van der Waals surface area contributed by atoms with Gasteiger partial charge in [0, 0.05) is 22.1 Å². The Morgan fingerprint density at radius 3 is 2.59 bits per heavy atom. The molecule has 0 saturated heterocycles. The Morgan fingerprint density at radius 1 is 1.35 bits per heavy atom. The maximum absolute atomic E-state index is 5.68. The van der Waals surface area contributed by atoms with Crippen molar-refractivity contribution in [3.63, 3.8) is 0 Å². The third-order valence-electron chi connectivity index (χ3n) is 2.17. The molecule has 94 valence electrons. The van der Waals surface area contributed by atoms with Crippen LogP contribution in [0.3, 0.4) is 0 Å². The number of nitrogens with one attached hydrogen (secondary N) is 1. The lowest BCUT2D eigenvalue weighted by Gasteiger charge is -2.21. The average Bonchev–Trinajstić information content (AvgIpc) is 2.23. The molecule has 0 aliphatic rings. The molecular weight excluding hydrogens is 278 g/mol. The molecule has 1 rings (SSSR count). The molecule has 0 radical (unpaired) electrons. The highest BCUT2D eigenvalue weighted by Gasteiger charge is 2.10. The fourth-order valence-electron chi connectivity index (χ4n) is 1.31. The summed E-state index contributed by atoms with van der Waals surface area (Å²) in [4.78, 5) is 0. The van der Waals surface area contributed by atoms with E-state index in [1.165, 1.54) is 0 Å². The SMILES string of the molecule is C=C(Br)COc1ccccc1CNC(C)(C)C. The maximum Gasteiger partial charge on any atom is 0.124 e. The van der Waals surface area contributed by atoms with Gasteiger partial charge in [-0.25, -0.2) is 0 Å². The van der Waals surface area contributed by atoms with Crippen LogP contribution in [0.15, 0.2) is 35.3 Å². The summed E-state index contributed by atoms with van der Waals surface area (Å²) in [6, 6.07) is 8.06. The van der Waals surface area contributed by atoms with E-state index in [0.717, 1.165) is 22.3 Å². The second-order valence-corrected chi connectivity index (χ2v) is 6.14. The van der Waals surface area contributed by atoms with E-state index >= 15 is 0 Å². The Balaban J connectivity index is 2.67. The van der Waals surface area contributed by atoms with Crippen molar-refractivity contribution in [1.29, 1.82) is 0 Å². The number of ether oxygens (including phenoxy) is 1. The number of hydrogen-bond donors (Lipinski definition) is 1. The summed E-state index contributed by atoms with van der Waals surface area (Å²) < 4.78 is 6.52. The number of rotatable bonds is 5. The van der Waals surface area contributed by atoms with Gasteiger partial charge in [-0.05, 0) is 26.8 Å². The van der Waals surface area contributed by atoms with Crippen LogP contribution in [0.2, 0.25) is 0 Å². The van der Waals surface area contributed by atoms with Crippen LogP contribution in [0.1, 0.15) is 26.3 Å². The number of halogens is 1. The minimum Gasteiger partial charge on any atom is -0.488 e. The fraction of sp³-hybridized carbons (Fsp3) is 0.429. The highest BCUT2D eigenvalue weighted by Crippen LogP contribution is 2.19. The van der Waals surface area contributed by atoms with Crippen molar-refractivity contribution in [2.45, 2.75) is 32.9 Å². The predicted molar refractivity (Wildman–Crippen MR) is 76.6 cm³/mol. The second-order valence-electron chi connectivity index (χ2n) is 5.02. The molecule has 0 aliphatic carbocycles. The van der Waals surface area contributed by atoms with Crippen LogP contribution in [-0.2, 0) is 6.54 Å². The van der Waals surface area contributed by atoms with Gasteiger partial charge in [0.25, 0.3) is 0 Å². The first kappa shape index (κ1) is 14.3. The third-order valence-corrected chi connectivity index (χ3v) is 2.39. The topological polar surface area (TPSA) is 21.3 Å². The largest absolute Gasteiger partial charge is 0.488 e. The van der Waals surface area contributed by atoms with Crippen LogP contribution < -0.4 is 10.1 Å². The average molecular weight is 298 g/mol. The highest BCUT2D eigenvalue weighted by molar-refractivity contribution is 9.11. The van der Waals surface area contributed by atoms with Gasteiger partial charge in [0.1, 0.15) is 12.4 Å². The molecule has 0 bridgehead atoms. The summed E-state index contributed by atoms with van der Waals surface area (Å²) >= 11 is 3.29. The molecule has 1 N–H and O–H groups in total. The molecule has 0 aliphatic heterocycles. The zero-order valence-electron chi connectivity index (χ0n) is 10.7. The van der Waals surface area contributed by atoms with Crippen LogP contribution in [0.5, 0.6) is 5.75 Å². The monoisotopic (exact) mass is 297 g/mol. The molecule has 3 heteroatoms. The van der Waals surface area contributed by atoms with E-state index in [0.29, 0.717) is 6.61 Å². The molecule has 2 nitrogen and oxygen atoms in total. The summed E-state index contributed by atoms with van der Waals surface area (Å²) in [6.45, 7) is 11.5. The quantitative estimate of drug-likeness (QED) is 0.891. The summed E-state index contributed by atoms with van der Waals surface area (Å²) in [5.74, 6) is 0.907. The lowest BCUT2D eigenvalue weighted by molar-refractivity contribution is 0.350. The molecule has 0 aromatic heterocycles. The van der Waals surface area contributed by atoms with Gasteiger partial charge in [0.2, 0.25) is 0 Å². The molecule has 1 aromatic rings. The first-order valence-electron chi connectivity index (χ1n) is 5.67. The lowest BCUT2D eigenvalue weighted by Crippen LogP contribution is -2.35. The Morgan fingerprint density at radius 2 is 2.00 bits per heavy atom. The number of benzene rings is 1. The molecule has 1 aromatic carbocycles. The van der Waals surface area contributed by atoms with Gasteiger partial charge in [0.15, 0.2) is 0 Å². The highest BCUT2D eigenvalue weighted by atomic mass is 79.9. The van der Waals surface area contributed by atoms with E-state index in [4.69, 9.17) is 4.74 Å². The first-order chi connectivity index (χ1) is 7.88. The van der Waals surface area contributed by atoms with Crippen molar-refractivity contribution in [2.75, 3.05) is 6.61 Å². The minimum atomic E-state index is 0.103. The van der Waals surface area contributed by atoms with Gasteiger partial charge in [-0.2, -0.15) is 0 Å². The van der Waals surface area contributed by atoms with Crippen molar-refractivity contribution in [1.82, 2.24) is 5.32 Å². The summed E-state index contributed by atoms with van der Waals surface area (Å²) in [5, 5.41) is 3.45. The fourth-order valence-corrected chi connectivity index (χ4v) is 1.42. The number of para-hydroxylation sites is 1. The van der Waals surface area contributed by atoms with E-state index in [2.05, 4.69) is 54.7 Å². The predicted octanol–water partition coefficient (Wildman–Crippen LogP) is 3.86. The molecule has 0 spiro atoms. The molecule has 0 atom stereocenters. The third kappa shape index (κ3) is 5.89. The van der Waals surface area contributed by atoms with Crippen molar-refractivity contribution in [3.05, 3.63) is 40.9 Å². The molecule has 0 saturated carbocycles. The normalized spacial score (nSPS) is 11.3. The Hall–Kier alpha value is -0.800. The van der Waals surface area contributed by atoms with Gasteiger partial charge in [-0.3, -0.25) is 0 Å². The van der Waals surface area contributed by atoms with E-state index in [9.17, 15) is 0 Å². The van der Waals surface area contributed by atoms with Gasteiger partial charge in [-0.15, -0.1) is 0 Å². The van der Waals surface area contributed by atoms with Gasteiger partial charge in [0.05, 0.1) is 0 Å². The number of hydrogen-bond acceptors (Lipinski definition) is 2. The molecule has 0 unspecified atom stereocenters. The molecule has 0 fully saturated rings. The van der Waals surface area contributed by atoms with Crippen LogP contribution in [0.4, 0.5) is 0 Å². The van der Waals surface area contributed by atoms with Gasteiger partial charge >= 0.3 is 0 Å². The molecule has 0 amide bonds. The van der Waals surface area contributed by atoms with Gasteiger partial charge in [-0.1, -0.05) is 40.7 Å². The minimum absolute atomic E-state index is 0.103. The molecule has 0 heterocycles. The van der Waals surface area contributed by atoms with Crippen molar-refractivity contribution >= 4 is 15.9 Å². The van der Waals surface area contributed by atoms with Crippen LogP contribution >= 0.6 is 15.9 Å². The summed E-state index contributed by atoms with van der Waals surface area (Å²) in [7, 11) is 0. The Labute approximate surface area is 112 Å². The van der Waals surface area contributed by atoms with Crippen molar-refractivity contribution in [3.8, 4) is 5.75 Å². The zero-order valence-corrected chi connectivity index (χ0v) is 12.3. The van der Waals surface area contributed by atoms with Crippen LogP contribution in [-0.4, -0.2) is 12.1 Å². The van der Waals surface area contributed by atoms with Crippen LogP contribution in [0, 0.1) is 0 Å². The lowest BCUT2D eigenvalue weighted by atomic mass is 10.1.